The molecule has 2 aromatic heterocycles. The number of benzene rings is 2. The van der Waals surface area contributed by atoms with E-state index in [-0.39, 0.29) is 11.7 Å². The van der Waals surface area contributed by atoms with Crippen molar-refractivity contribution in [1.82, 2.24) is 14.8 Å². The molecule has 0 bridgehead atoms. The van der Waals surface area contributed by atoms with E-state index in [0.717, 1.165) is 22.7 Å². The van der Waals surface area contributed by atoms with Crippen LogP contribution in [0.3, 0.4) is 0 Å². The zero-order valence-corrected chi connectivity index (χ0v) is 17.3. The molecule has 2 heterocycles. The van der Waals surface area contributed by atoms with E-state index >= 15 is 0 Å². The first-order chi connectivity index (χ1) is 14.6. The smallest absolute Gasteiger partial charge is 0.234 e. The van der Waals surface area contributed by atoms with E-state index in [9.17, 15) is 4.79 Å². The maximum absolute atomic E-state index is 12.4. The van der Waals surface area contributed by atoms with Crippen molar-refractivity contribution in [3.05, 3.63) is 72.5 Å². The second-order valence-corrected chi connectivity index (χ2v) is 7.47. The quantitative estimate of drug-likeness (QED) is 0.441. The Morgan fingerprint density at radius 2 is 1.97 bits per heavy atom. The average molecular weight is 420 g/mol. The minimum absolute atomic E-state index is 0.116. The number of ether oxygens (including phenoxy) is 1. The summed E-state index contributed by atoms with van der Waals surface area (Å²) in [6.45, 7) is 1.98. The molecule has 0 saturated heterocycles. The van der Waals surface area contributed by atoms with Gasteiger partial charge < -0.3 is 14.5 Å². The molecule has 4 rings (SSSR count). The van der Waals surface area contributed by atoms with E-state index in [2.05, 4.69) is 15.5 Å². The van der Waals surface area contributed by atoms with E-state index in [4.69, 9.17) is 9.15 Å². The third kappa shape index (κ3) is 4.38. The van der Waals surface area contributed by atoms with Crippen molar-refractivity contribution in [3.8, 4) is 23.0 Å². The third-order valence-electron chi connectivity index (χ3n) is 4.34. The first kappa shape index (κ1) is 19.8. The highest BCUT2D eigenvalue weighted by atomic mass is 32.2. The number of thioether (sulfide) groups is 1. The van der Waals surface area contributed by atoms with Gasteiger partial charge in [-0.1, -0.05) is 23.9 Å². The number of carbonyl (C=O) groups excluding carboxylic acids is 1. The van der Waals surface area contributed by atoms with Crippen LogP contribution < -0.4 is 10.1 Å². The van der Waals surface area contributed by atoms with Gasteiger partial charge >= 0.3 is 0 Å². The second kappa shape index (κ2) is 8.87. The molecule has 30 heavy (non-hydrogen) atoms. The van der Waals surface area contributed by atoms with Crippen LogP contribution in [0.5, 0.6) is 5.75 Å². The summed E-state index contributed by atoms with van der Waals surface area (Å²) in [4.78, 5) is 12.4. The predicted octanol–water partition coefficient (Wildman–Crippen LogP) is 4.58. The summed E-state index contributed by atoms with van der Waals surface area (Å²) in [5.41, 5.74) is 2.70. The van der Waals surface area contributed by atoms with Crippen LogP contribution in [0.15, 0.2) is 76.5 Å². The lowest BCUT2D eigenvalue weighted by atomic mass is 10.2. The molecule has 0 spiro atoms. The number of nitrogens with one attached hydrogen (secondary N) is 1. The van der Waals surface area contributed by atoms with E-state index in [1.54, 1.807) is 19.4 Å². The number of hydrogen-bond donors (Lipinski definition) is 1. The third-order valence-corrected chi connectivity index (χ3v) is 5.27. The van der Waals surface area contributed by atoms with Gasteiger partial charge in [0, 0.05) is 5.69 Å². The molecule has 1 N–H and O–H groups in total. The number of aryl methyl sites for hydroxylation is 1. The van der Waals surface area contributed by atoms with Gasteiger partial charge in [-0.25, -0.2) is 0 Å². The van der Waals surface area contributed by atoms with Crippen molar-refractivity contribution in [2.45, 2.75) is 12.1 Å². The number of furan rings is 1. The Morgan fingerprint density at radius 3 is 2.67 bits per heavy atom. The van der Waals surface area contributed by atoms with Gasteiger partial charge in [-0.15, -0.1) is 10.2 Å². The molecule has 0 aliphatic carbocycles. The van der Waals surface area contributed by atoms with Gasteiger partial charge in [-0.05, 0) is 61.0 Å². The molecule has 0 aliphatic rings. The molecule has 2 aromatic carbocycles. The van der Waals surface area contributed by atoms with Gasteiger partial charge in [0.25, 0.3) is 0 Å². The van der Waals surface area contributed by atoms with Gasteiger partial charge in [-0.2, -0.15) is 0 Å². The number of carbonyl (C=O) groups is 1. The fraction of sp³-hybridized carbons (Fsp3) is 0.136. The predicted molar refractivity (Wildman–Crippen MR) is 116 cm³/mol. The molecule has 4 aromatic rings. The first-order valence-corrected chi connectivity index (χ1v) is 10.3. The minimum atomic E-state index is -0.116. The number of methoxy groups -OCH3 is 1. The van der Waals surface area contributed by atoms with Gasteiger partial charge in [0.05, 0.1) is 24.8 Å². The van der Waals surface area contributed by atoms with Crippen molar-refractivity contribution in [2.24, 2.45) is 0 Å². The average Bonchev–Trinajstić information content (AvgIpc) is 3.42. The molecule has 0 aliphatic heterocycles. The van der Waals surface area contributed by atoms with Crippen LogP contribution in [0.4, 0.5) is 5.69 Å². The largest absolute Gasteiger partial charge is 0.497 e. The standard InChI is InChI=1S/C22H20N4O3S/c1-15-5-3-6-16(13-15)23-20(27)14-30-22-25-24-21(19-7-4-12-29-19)26(22)17-8-10-18(28-2)11-9-17/h3-13H,14H2,1-2H3,(H,23,27). The minimum Gasteiger partial charge on any atom is -0.497 e. The van der Waals surface area contributed by atoms with Crippen molar-refractivity contribution in [2.75, 3.05) is 18.2 Å². The lowest BCUT2D eigenvalue weighted by Crippen LogP contribution is -2.14. The van der Waals surface area contributed by atoms with Crippen molar-refractivity contribution >= 4 is 23.4 Å². The van der Waals surface area contributed by atoms with Gasteiger partial charge in [0.2, 0.25) is 11.7 Å². The normalized spacial score (nSPS) is 10.7. The summed E-state index contributed by atoms with van der Waals surface area (Å²) in [6, 6.07) is 18.8. The first-order valence-electron chi connectivity index (χ1n) is 9.27. The number of aromatic nitrogens is 3. The van der Waals surface area contributed by atoms with Gasteiger partial charge in [0.15, 0.2) is 10.9 Å². The maximum Gasteiger partial charge on any atom is 0.234 e. The van der Waals surface area contributed by atoms with E-state index in [1.807, 2.05) is 66.1 Å². The molecular weight excluding hydrogens is 400 g/mol. The molecule has 7 nitrogen and oxygen atoms in total. The molecule has 0 unspecified atom stereocenters. The number of nitrogens with zero attached hydrogens (tertiary/aromatic N) is 3. The number of anilines is 1. The van der Waals surface area contributed by atoms with Crippen molar-refractivity contribution in [3.63, 3.8) is 0 Å². The summed E-state index contributed by atoms with van der Waals surface area (Å²) >= 11 is 1.31. The Kier molecular flexibility index (Phi) is 5.85. The summed E-state index contributed by atoms with van der Waals surface area (Å²) in [7, 11) is 1.62. The Balaban J connectivity index is 1.57. The topological polar surface area (TPSA) is 82.2 Å². The zero-order valence-electron chi connectivity index (χ0n) is 16.5. The SMILES string of the molecule is COc1ccc(-n2c(SCC(=O)Nc3cccc(C)c3)nnc2-c2ccco2)cc1. The summed E-state index contributed by atoms with van der Waals surface area (Å²) in [5.74, 6) is 1.98. The Hall–Kier alpha value is -3.52. The van der Waals surface area contributed by atoms with E-state index < -0.39 is 0 Å². The summed E-state index contributed by atoms with van der Waals surface area (Å²) in [6.07, 6.45) is 1.59. The molecular formula is C22H20N4O3S. The van der Waals surface area contributed by atoms with Gasteiger partial charge in [0.1, 0.15) is 5.75 Å². The molecule has 0 radical (unpaired) electrons. The Morgan fingerprint density at radius 1 is 1.13 bits per heavy atom. The fourth-order valence-electron chi connectivity index (χ4n) is 2.94. The summed E-state index contributed by atoms with van der Waals surface area (Å²) in [5, 5.41) is 12.1. The molecule has 152 valence electrons. The monoisotopic (exact) mass is 420 g/mol. The van der Waals surface area contributed by atoms with Crippen LogP contribution in [-0.2, 0) is 4.79 Å². The zero-order chi connectivity index (χ0) is 20.9. The lowest BCUT2D eigenvalue weighted by molar-refractivity contribution is -0.113. The molecule has 1 amide bonds. The summed E-state index contributed by atoms with van der Waals surface area (Å²) < 4.78 is 12.6. The Bertz CT molecular complexity index is 1140. The molecule has 0 atom stereocenters. The number of rotatable bonds is 7. The van der Waals surface area contributed by atoms with Crippen LogP contribution in [0.1, 0.15) is 5.56 Å². The van der Waals surface area contributed by atoms with Crippen LogP contribution in [0.25, 0.3) is 17.3 Å². The molecule has 8 heteroatoms. The fourth-order valence-corrected chi connectivity index (χ4v) is 3.69. The van der Waals surface area contributed by atoms with Crippen LogP contribution in [-0.4, -0.2) is 33.5 Å². The second-order valence-electron chi connectivity index (χ2n) is 6.52. The van der Waals surface area contributed by atoms with Crippen LogP contribution in [0.2, 0.25) is 0 Å². The molecule has 0 saturated carbocycles. The number of amides is 1. The molecule has 0 fully saturated rings. The maximum atomic E-state index is 12.4. The van der Waals surface area contributed by atoms with Crippen molar-refractivity contribution < 1.29 is 13.9 Å². The number of hydrogen-bond acceptors (Lipinski definition) is 6. The van der Waals surface area contributed by atoms with Gasteiger partial charge in [-0.3, -0.25) is 9.36 Å². The highest BCUT2D eigenvalue weighted by Gasteiger charge is 2.19. The van der Waals surface area contributed by atoms with Crippen LogP contribution in [0, 0.1) is 6.92 Å². The highest BCUT2D eigenvalue weighted by molar-refractivity contribution is 7.99. The highest BCUT2D eigenvalue weighted by Crippen LogP contribution is 2.29. The lowest BCUT2D eigenvalue weighted by Gasteiger charge is -2.10. The van der Waals surface area contributed by atoms with E-state index in [1.165, 1.54) is 11.8 Å². The van der Waals surface area contributed by atoms with Crippen molar-refractivity contribution in [1.29, 1.82) is 0 Å². The van der Waals surface area contributed by atoms with E-state index in [0.29, 0.717) is 16.7 Å². The Labute approximate surface area is 178 Å². The van der Waals surface area contributed by atoms with Crippen LogP contribution >= 0.6 is 11.8 Å².